The van der Waals surface area contributed by atoms with Gasteiger partial charge in [-0.15, -0.1) is 0 Å². The van der Waals surface area contributed by atoms with E-state index in [1.807, 2.05) is 30.3 Å². The summed E-state index contributed by atoms with van der Waals surface area (Å²) in [4.78, 5) is 20.0. The minimum Gasteiger partial charge on any atom is -0.361 e. The maximum atomic E-state index is 11.2. The number of hydrogen-bond donors (Lipinski definition) is 2. The van der Waals surface area contributed by atoms with Gasteiger partial charge in [0.15, 0.2) is 10.3 Å². The van der Waals surface area contributed by atoms with Crippen LogP contribution < -0.4 is 10.6 Å². The second-order valence-electron chi connectivity index (χ2n) is 5.58. The van der Waals surface area contributed by atoms with Gasteiger partial charge < -0.3 is 10.6 Å². The molecule has 0 saturated carbocycles. The first kappa shape index (κ1) is 16.1. The number of carbonyl (C=O) groups excluding carboxylic acids is 1. The van der Waals surface area contributed by atoms with Gasteiger partial charge in [-0.3, -0.25) is 9.79 Å². The van der Waals surface area contributed by atoms with Crippen molar-refractivity contribution < 1.29 is 4.79 Å². The molecule has 0 unspecified atom stereocenters. The predicted molar refractivity (Wildman–Crippen MR) is 107 cm³/mol. The number of aliphatic imine (C=N–C) groups is 1. The summed E-state index contributed by atoms with van der Waals surface area (Å²) >= 11 is 2.84. The molecule has 0 fully saturated rings. The third-order valence-corrected chi connectivity index (χ3v) is 5.50. The first-order valence-corrected chi connectivity index (χ1v) is 9.60. The highest BCUT2D eigenvalue weighted by molar-refractivity contribution is 8.27. The van der Waals surface area contributed by atoms with E-state index in [0.717, 1.165) is 41.1 Å². The van der Waals surface area contributed by atoms with Crippen LogP contribution in [0, 0.1) is 0 Å². The number of hydrogen-bond acceptors (Lipinski definition) is 7. The van der Waals surface area contributed by atoms with Crippen LogP contribution in [-0.2, 0) is 11.2 Å². The zero-order valence-electron chi connectivity index (χ0n) is 13.4. The quantitative estimate of drug-likeness (QED) is 0.713. The minimum absolute atomic E-state index is 0.0821. The molecule has 0 spiro atoms. The number of aromatic nitrogens is 1. The van der Waals surface area contributed by atoms with E-state index in [-0.39, 0.29) is 11.7 Å². The summed E-state index contributed by atoms with van der Waals surface area (Å²) in [7, 11) is 0. The lowest BCUT2D eigenvalue weighted by Gasteiger charge is -2.07. The summed E-state index contributed by atoms with van der Waals surface area (Å²) in [6.45, 7) is 1.08. The molecule has 126 valence electrons. The number of fused-ring (bicyclic) bond motifs is 1. The molecule has 2 heterocycles. The van der Waals surface area contributed by atoms with Crippen LogP contribution in [0.5, 0.6) is 0 Å². The molecule has 2 N–H and O–H groups in total. The van der Waals surface area contributed by atoms with Crippen LogP contribution >= 0.6 is 23.1 Å². The average molecular weight is 368 g/mol. The number of para-hydroxylation sites is 1. The minimum atomic E-state index is 0.0821. The van der Waals surface area contributed by atoms with Crippen molar-refractivity contribution >= 4 is 54.4 Å². The topological polar surface area (TPSA) is 66.4 Å². The van der Waals surface area contributed by atoms with Crippen molar-refractivity contribution in [2.45, 2.75) is 6.42 Å². The summed E-state index contributed by atoms with van der Waals surface area (Å²) in [6, 6.07) is 16.3. The number of benzene rings is 2. The summed E-state index contributed by atoms with van der Waals surface area (Å²) in [6.07, 6.45) is 0.893. The van der Waals surface area contributed by atoms with Crippen LogP contribution in [0.25, 0.3) is 10.2 Å². The van der Waals surface area contributed by atoms with Crippen LogP contribution in [0.1, 0.15) is 5.56 Å². The molecule has 0 radical (unpaired) electrons. The van der Waals surface area contributed by atoms with E-state index < -0.39 is 0 Å². The Balaban J connectivity index is 1.34. The molecule has 1 aromatic heterocycles. The largest absolute Gasteiger partial charge is 0.361 e. The molecule has 5 nitrogen and oxygen atoms in total. The van der Waals surface area contributed by atoms with Crippen LogP contribution in [-0.4, -0.2) is 28.4 Å². The molecular weight excluding hydrogens is 352 g/mol. The molecule has 0 amide bonds. The number of nitrogens with zero attached hydrogens (tertiary/aromatic N) is 2. The maximum absolute atomic E-state index is 11.2. The third-order valence-electron chi connectivity index (χ3n) is 3.72. The van der Waals surface area contributed by atoms with Crippen molar-refractivity contribution in [1.29, 1.82) is 0 Å². The first-order valence-electron chi connectivity index (χ1n) is 7.97. The van der Waals surface area contributed by atoms with Gasteiger partial charge in [0.25, 0.3) is 0 Å². The number of nitrogens with one attached hydrogen (secondary N) is 2. The van der Waals surface area contributed by atoms with Gasteiger partial charge in [0, 0.05) is 12.2 Å². The van der Waals surface area contributed by atoms with Gasteiger partial charge in [0.05, 0.1) is 10.2 Å². The van der Waals surface area contributed by atoms with Crippen LogP contribution in [0.2, 0.25) is 0 Å². The second kappa shape index (κ2) is 7.25. The van der Waals surface area contributed by atoms with Crippen molar-refractivity contribution in [3.63, 3.8) is 0 Å². The number of carbonyl (C=O) groups is 1. The molecule has 0 aliphatic carbocycles. The second-order valence-corrected chi connectivity index (χ2v) is 7.66. The van der Waals surface area contributed by atoms with E-state index in [4.69, 9.17) is 0 Å². The Hall–Kier alpha value is -2.38. The Labute approximate surface area is 153 Å². The highest BCUT2D eigenvalue weighted by Crippen LogP contribution is 2.25. The highest BCUT2D eigenvalue weighted by atomic mass is 32.2. The van der Waals surface area contributed by atoms with Crippen molar-refractivity contribution in [2.24, 2.45) is 4.99 Å². The Morgan fingerprint density at radius 3 is 2.88 bits per heavy atom. The Kier molecular flexibility index (Phi) is 4.67. The molecule has 1 aliphatic heterocycles. The molecule has 4 rings (SSSR count). The molecule has 25 heavy (non-hydrogen) atoms. The molecule has 3 aromatic rings. The van der Waals surface area contributed by atoms with Crippen molar-refractivity contribution in [3.05, 3.63) is 54.1 Å². The summed E-state index contributed by atoms with van der Waals surface area (Å²) < 4.78 is 1.19. The maximum Gasteiger partial charge on any atom is 0.218 e. The van der Waals surface area contributed by atoms with E-state index in [0.29, 0.717) is 5.17 Å². The van der Waals surface area contributed by atoms with Crippen LogP contribution in [0.3, 0.4) is 0 Å². The number of thiazole rings is 1. The molecule has 0 saturated heterocycles. The average Bonchev–Trinajstić information content (AvgIpc) is 3.21. The van der Waals surface area contributed by atoms with Crippen LogP contribution in [0.15, 0.2) is 53.5 Å². The molecule has 7 heteroatoms. The summed E-state index contributed by atoms with van der Waals surface area (Å²) in [5, 5.41) is 8.30. The summed E-state index contributed by atoms with van der Waals surface area (Å²) in [5.74, 6) is 0. The lowest BCUT2D eigenvalue weighted by atomic mass is 10.1. The lowest BCUT2D eigenvalue weighted by Crippen LogP contribution is -2.07. The highest BCUT2D eigenvalue weighted by Gasteiger charge is 2.15. The number of rotatable bonds is 5. The molecular formula is C18H16N4OS2. The third kappa shape index (κ3) is 4.00. The molecule has 2 aromatic carbocycles. The van der Waals surface area contributed by atoms with E-state index in [1.165, 1.54) is 10.3 Å². The van der Waals surface area contributed by atoms with Crippen molar-refractivity contribution in [1.82, 2.24) is 4.98 Å². The molecule has 1 aliphatic rings. The molecule has 0 bridgehead atoms. The Morgan fingerprint density at radius 1 is 1.12 bits per heavy atom. The van der Waals surface area contributed by atoms with Gasteiger partial charge in [-0.05, 0) is 48.0 Å². The van der Waals surface area contributed by atoms with Gasteiger partial charge in [-0.25, -0.2) is 4.98 Å². The fourth-order valence-corrected chi connectivity index (χ4v) is 4.10. The van der Waals surface area contributed by atoms with Crippen molar-refractivity contribution in [3.8, 4) is 0 Å². The van der Waals surface area contributed by atoms with Gasteiger partial charge in [0.2, 0.25) is 5.12 Å². The van der Waals surface area contributed by atoms with Crippen molar-refractivity contribution in [2.75, 3.05) is 23.7 Å². The van der Waals surface area contributed by atoms with Gasteiger partial charge >= 0.3 is 0 Å². The number of thioether (sulfide) groups is 1. The molecule has 0 atom stereocenters. The zero-order valence-corrected chi connectivity index (χ0v) is 15.0. The smallest absolute Gasteiger partial charge is 0.218 e. The fraction of sp³-hybridized carbons (Fsp3) is 0.167. The number of anilines is 2. The predicted octanol–water partition coefficient (Wildman–Crippen LogP) is 3.99. The fourth-order valence-electron chi connectivity index (χ4n) is 2.56. The van der Waals surface area contributed by atoms with Gasteiger partial charge in [-0.2, -0.15) is 0 Å². The van der Waals surface area contributed by atoms with Crippen LogP contribution in [0.4, 0.5) is 10.8 Å². The first-order chi connectivity index (χ1) is 12.3. The van der Waals surface area contributed by atoms with E-state index in [1.54, 1.807) is 11.3 Å². The standard InChI is InChI=1S/C18H16N4OS2/c23-16-11-20-18(25-16)21-13-5-3-4-12(10-13)8-9-19-17-22-14-6-1-2-7-15(14)24-17/h1-7,10H,8-9,11H2,(H,19,22)(H,20,21). The Morgan fingerprint density at radius 2 is 2.04 bits per heavy atom. The van der Waals surface area contributed by atoms with Gasteiger partial charge in [0.1, 0.15) is 6.54 Å². The van der Waals surface area contributed by atoms with Gasteiger partial charge in [-0.1, -0.05) is 35.6 Å². The van der Waals surface area contributed by atoms with E-state index in [9.17, 15) is 4.79 Å². The zero-order chi connectivity index (χ0) is 17.1. The normalized spacial score (nSPS) is 13.9. The lowest BCUT2D eigenvalue weighted by molar-refractivity contribution is -0.109. The van der Waals surface area contributed by atoms with E-state index >= 15 is 0 Å². The monoisotopic (exact) mass is 368 g/mol. The summed E-state index contributed by atoms with van der Waals surface area (Å²) in [5.41, 5.74) is 3.21. The number of amidine groups is 1. The Bertz CT molecular complexity index is 918. The van der Waals surface area contributed by atoms with E-state index in [2.05, 4.69) is 38.8 Å². The SMILES string of the molecule is O=C1CN=C(Nc2cccc(CCNc3nc4ccccc4s3)c2)S1.